The van der Waals surface area contributed by atoms with Crippen LogP contribution in [-0.2, 0) is 17.9 Å². The molecule has 0 unspecified atom stereocenters. The summed E-state index contributed by atoms with van der Waals surface area (Å²) in [6.07, 6.45) is 0. The summed E-state index contributed by atoms with van der Waals surface area (Å²) < 4.78 is 5.59. The molecule has 2 aliphatic heterocycles. The fraction of sp³-hybridized carbons (Fsp3) is 0.520. The minimum Gasteiger partial charge on any atom is -0.380 e. The van der Waals surface area contributed by atoms with E-state index in [0.717, 1.165) is 45.8 Å². The van der Waals surface area contributed by atoms with Gasteiger partial charge in [0.05, 0.1) is 6.61 Å². The Labute approximate surface area is 193 Å². The highest BCUT2D eigenvalue weighted by Crippen LogP contribution is 2.30. The predicted octanol–water partition coefficient (Wildman–Crippen LogP) is 3.76. The van der Waals surface area contributed by atoms with Gasteiger partial charge in [0.1, 0.15) is 0 Å². The molecule has 5 nitrogen and oxygen atoms in total. The van der Waals surface area contributed by atoms with Crippen molar-refractivity contribution in [1.29, 1.82) is 0 Å². The molecular formula is C25H37ClN4O. The summed E-state index contributed by atoms with van der Waals surface area (Å²) in [6, 6.07) is 18.8. The van der Waals surface area contributed by atoms with E-state index < -0.39 is 0 Å². The van der Waals surface area contributed by atoms with Crippen LogP contribution in [0.1, 0.15) is 25.0 Å². The van der Waals surface area contributed by atoms with Gasteiger partial charge in [0.2, 0.25) is 0 Å². The first-order chi connectivity index (χ1) is 14.7. The molecule has 6 heteroatoms. The monoisotopic (exact) mass is 444 g/mol. The lowest BCUT2D eigenvalue weighted by Gasteiger charge is -2.42. The van der Waals surface area contributed by atoms with Gasteiger partial charge in [0.25, 0.3) is 0 Å². The summed E-state index contributed by atoms with van der Waals surface area (Å²) in [5.74, 6) is 0. The first-order valence-corrected chi connectivity index (χ1v) is 11.3. The average Bonchev–Trinajstić information content (AvgIpc) is 2.76. The number of nitrogens with one attached hydrogen (secondary N) is 1. The van der Waals surface area contributed by atoms with Gasteiger partial charge in [-0.1, -0.05) is 30.3 Å². The van der Waals surface area contributed by atoms with E-state index in [0.29, 0.717) is 18.7 Å². The van der Waals surface area contributed by atoms with Gasteiger partial charge in [-0.15, -0.1) is 12.4 Å². The molecule has 0 bridgehead atoms. The first kappa shape index (κ1) is 23.9. The van der Waals surface area contributed by atoms with Crippen LogP contribution in [0.25, 0.3) is 0 Å². The molecule has 0 spiro atoms. The van der Waals surface area contributed by atoms with Crippen molar-refractivity contribution in [2.45, 2.75) is 39.1 Å². The Hall–Kier alpha value is -1.79. The molecule has 2 aromatic carbocycles. The van der Waals surface area contributed by atoms with Gasteiger partial charge >= 0.3 is 0 Å². The van der Waals surface area contributed by atoms with Crippen LogP contribution in [0.15, 0.2) is 48.5 Å². The molecule has 2 aliphatic rings. The van der Waals surface area contributed by atoms with Crippen molar-refractivity contribution < 1.29 is 4.74 Å². The molecule has 2 atom stereocenters. The van der Waals surface area contributed by atoms with Gasteiger partial charge < -0.3 is 19.9 Å². The quantitative estimate of drug-likeness (QED) is 0.733. The molecule has 0 amide bonds. The van der Waals surface area contributed by atoms with Crippen LogP contribution in [0, 0.1) is 0 Å². The van der Waals surface area contributed by atoms with Crippen molar-refractivity contribution in [2.75, 3.05) is 56.2 Å². The largest absolute Gasteiger partial charge is 0.380 e. The van der Waals surface area contributed by atoms with E-state index in [2.05, 4.69) is 82.4 Å². The lowest BCUT2D eigenvalue weighted by Crippen LogP contribution is -2.51. The van der Waals surface area contributed by atoms with Gasteiger partial charge in [-0.3, -0.25) is 4.90 Å². The molecule has 31 heavy (non-hydrogen) atoms. The van der Waals surface area contributed by atoms with Gasteiger partial charge in [-0.05, 0) is 37.6 Å². The molecule has 170 valence electrons. The van der Waals surface area contributed by atoms with Crippen LogP contribution >= 0.6 is 12.4 Å². The number of benzene rings is 2. The zero-order chi connectivity index (χ0) is 20.9. The van der Waals surface area contributed by atoms with Gasteiger partial charge in [0, 0.05) is 81.9 Å². The zero-order valence-corrected chi connectivity index (χ0v) is 19.9. The summed E-state index contributed by atoms with van der Waals surface area (Å²) >= 11 is 0. The number of halogens is 1. The fourth-order valence-corrected chi connectivity index (χ4v) is 4.82. The number of anilines is 2. The van der Waals surface area contributed by atoms with E-state index in [1.807, 2.05) is 0 Å². The summed E-state index contributed by atoms with van der Waals surface area (Å²) in [5, 5.41) is 3.48. The molecule has 0 radical (unpaired) electrons. The van der Waals surface area contributed by atoms with Crippen molar-refractivity contribution in [3.8, 4) is 0 Å². The lowest BCUT2D eigenvalue weighted by molar-refractivity contribution is 0.177. The smallest absolute Gasteiger partial charge is 0.0734 e. The summed E-state index contributed by atoms with van der Waals surface area (Å²) in [6.45, 7) is 12.7. The van der Waals surface area contributed by atoms with Crippen molar-refractivity contribution >= 4 is 23.8 Å². The molecule has 1 N–H and O–H groups in total. The number of nitrogens with zero attached hydrogens (tertiary/aromatic N) is 3. The van der Waals surface area contributed by atoms with E-state index in [1.165, 1.54) is 22.5 Å². The molecule has 2 fully saturated rings. The molecule has 2 saturated heterocycles. The van der Waals surface area contributed by atoms with Crippen molar-refractivity contribution in [3.05, 3.63) is 59.7 Å². The summed E-state index contributed by atoms with van der Waals surface area (Å²) in [5.41, 5.74) is 5.34. The Morgan fingerprint density at radius 3 is 2.52 bits per heavy atom. The average molecular weight is 445 g/mol. The standard InChI is InChI=1S/C25H36N4O.ClH/c1-20-16-26-11-12-29(20)24-9-10-25(23(15-24)19-30-3)28-14-13-27(21(2)17-28)18-22-7-5-4-6-8-22;/h4-10,15,20-21,26H,11-14,16-19H2,1-3H3;1H/t20-,21+;/m1./s1. The molecule has 4 rings (SSSR count). The maximum Gasteiger partial charge on any atom is 0.0734 e. The van der Waals surface area contributed by atoms with Crippen molar-refractivity contribution in [1.82, 2.24) is 10.2 Å². The Balaban J connectivity index is 0.00000272. The maximum absolute atomic E-state index is 5.59. The van der Waals surface area contributed by atoms with Crippen LogP contribution in [0.2, 0.25) is 0 Å². The van der Waals surface area contributed by atoms with Crippen LogP contribution < -0.4 is 15.1 Å². The minimum atomic E-state index is 0. The third kappa shape index (κ3) is 5.72. The van der Waals surface area contributed by atoms with Gasteiger partial charge in [-0.25, -0.2) is 0 Å². The van der Waals surface area contributed by atoms with Crippen LogP contribution in [-0.4, -0.2) is 63.4 Å². The predicted molar refractivity (Wildman–Crippen MR) is 133 cm³/mol. The van der Waals surface area contributed by atoms with E-state index in [1.54, 1.807) is 7.11 Å². The van der Waals surface area contributed by atoms with Crippen LogP contribution in [0.3, 0.4) is 0 Å². The highest BCUT2D eigenvalue weighted by molar-refractivity contribution is 5.85. The second-order valence-corrected chi connectivity index (χ2v) is 8.74. The van der Waals surface area contributed by atoms with Crippen molar-refractivity contribution in [3.63, 3.8) is 0 Å². The number of methoxy groups -OCH3 is 1. The first-order valence-electron chi connectivity index (χ1n) is 11.3. The van der Waals surface area contributed by atoms with E-state index in [4.69, 9.17) is 4.74 Å². The van der Waals surface area contributed by atoms with E-state index >= 15 is 0 Å². The minimum absolute atomic E-state index is 0. The van der Waals surface area contributed by atoms with Crippen LogP contribution in [0.4, 0.5) is 11.4 Å². The molecule has 0 aliphatic carbocycles. The Bertz CT molecular complexity index is 818. The summed E-state index contributed by atoms with van der Waals surface area (Å²) in [4.78, 5) is 7.66. The second-order valence-electron chi connectivity index (χ2n) is 8.74. The third-order valence-corrected chi connectivity index (χ3v) is 6.53. The molecular weight excluding hydrogens is 408 g/mol. The molecule has 2 aromatic rings. The fourth-order valence-electron chi connectivity index (χ4n) is 4.82. The topological polar surface area (TPSA) is 31.0 Å². The Kier molecular flexibility index (Phi) is 8.61. The maximum atomic E-state index is 5.59. The number of ether oxygens (including phenoxy) is 1. The number of hydrogen-bond acceptors (Lipinski definition) is 5. The number of rotatable bonds is 6. The van der Waals surface area contributed by atoms with Crippen molar-refractivity contribution in [2.24, 2.45) is 0 Å². The SMILES string of the molecule is COCc1cc(N2CCNC[C@H]2C)ccc1N1CCN(Cc2ccccc2)[C@@H](C)C1.Cl. The Morgan fingerprint density at radius 2 is 1.81 bits per heavy atom. The van der Waals surface area contributed by atoms with Crippen LogP contribution in [0.5, 0.6) is 0 Å². The van der Waals surface area contributed by atoms with Gasteiger partial charge in [0.15, 0.2) is 0 Å². The molecule has 0 aromatic heterocycles. The second kappa shape index (κ2) is 11.2. The third-order valence-electron chi connectivity index (χ3n) is 6.53. The molecule has 0 saturated carbocycles. The highest BCUT2D eigenvalue weighted by Gasteiger charge is 2.26. The normalized spacial score (nSPS) is 22.3. The number of piperazine rings is 2. The Morgan fingerprint density at radius 1 is 1.00 bits per heavy atom. The molecule has 2 heterocycles. The zero-order valence-electron chi connectivity index (χ0n) is 19.1. The van der Waals surface area contributed by atoms with E-state index in [-0.39, 0.29) is 12.4 Å². The van der Waals surface area contributed by atoms with Gasteiger partial charge in [-0.2, -0.15) is 0 Å². The highest BCUT2D eigenvalue weighted by atomic mass is 35.5. The lowest BCUT2D eigenvalue weighted by atomic mass is 10.1. The van der Waals surface area contributed by atoms with E-state index in [9.17, 15) is 0 Å². The number of hydrogen-bond donors (Lipinski definition) is 1. The summed E-state index contributed by atoms with van der Waals surface area (Å²) in [7, 11) is 1.80.